The highest BCUT2D eigenvalue weighted by atomic mass is 16.4. The summed E-state index contributed by atoms with van der Waals surface area (Å²) in [7, 11) is 0. The Morgan fingerprint density at radius 2 is 1.70 bits per heavy atom. The molecule has 174 valence electrons. The zero-order chi connectivity index (χ0) is 23.5. The molecule has 2 atom stereocenters. The minimum absolute atomic E-state index is 0.246. The number of aliphatic hydroxyl groups is 2. The number of aliphatic carboxylic acids is 1. The van der Waals surface area contributed by atoms with Crippen LogP contribution in [0.25, 0.3) is 11.1 Å². The number of hydrogen-bond acceptors (Lipinski definition) is 3. The molecule has 0 fully saturated rings. The average Bonchev–Trinajstić information content (AvgIpc) is 3.16. The second-order valence-electron chi connectivity index (χ2n) is 8.79. The molecule has 2 aromatic carbocycles. The summed E-state index contributed by atoms with van der Waals surface area (Å²) in [5.74, 6) is 5.31. The highest BCUT2D eigenvalue weighted by Crippen LogP contribution is 2.30. The Balaban J connectivity index is 1.53. The third kappa shape index (κ3) is 8.20. The van der Waals surface area contributed by atoms with Crippen LogP contribution in [0.5, 0.6) is 0 Å². The molecular formula is C29H34O4. The summed E-state index contributed by atoms with van der Waals surface area (Å²) >= 11 is 0. The van der Waals surface area contributed by atoms with Gasteiger partial charge in [-0.3, -0.25) is 4.79 Å². The zero-order valence-corrected chi connectivity index (χ0v) is 19.2. The van der Waals surface area contributed by atoms with E-state index in [1.807, 2.05) is 30.3 Å². The van der Waals surface area contributed by atoms with Crippen molar-refractivity contribution in [1.82, 2.24) is 0 Å². The minimum Gasteiger partial charge on any atom is -0.481 e. The quantitative estimate of drug-likeness (QED) is 0.313. The lowest BCUT2D eigenvalue weighted by atomic mass is 10.00. The maximum absolute atomic E-state index is 10.6. The predicted molar refractivity (Wildman–Crippen MR) is 132 cm³/mol. The summed E-state index contributed by atoms with van der Waals surface area (Å²) < 4.78 is 0. The van der Waals surface area contributed by atoms with E-state index >= 15 is 0 Å². The first-order chi connectivity index (χ1) is 16.0. The largest absolute Gasteiger partial charge is 0.481 e. The topological polar surface area (TPSA) is 77.8 Å². The predicted octanol–water partition coefficient (Wildman–Crippen LogP) is 5.53. The highest BCUT2D eigenvalue weighted by molar-refractivity contribution is 5.66. The normalized spacial score (nSPS) is 16.4. The number of aliphatic hydroxyl groups excluding tert-OH is 2. The van der Waals surface area contributed by atoms with Gasteiger partial charge in [-0.1, -0.05) is 91.3 Å². The fourth-order valence-corrected chi connectivity index (χ4v) is 4.35. The van der Waals surface area contributed by atoms with E-state index < -0.39 is 18.2 Å². The molecular weight excluding hydrogens is 412 g/mol. The van der Waals surface area contributed by atoms with Crippen molar-refractivity contribution in [2.75, 3.05) is 0 Å². The minimum atomic E-state index is -0.785. The van der Waals surface area contributed by atoms with Gasteiger partial charge in [0.2, 0.25) is 0 Å². The number of carboxylic acid groups (broad SMARTS) is 1. The van der Waals surface area contributed by atoms with E-state index in [2.05, 4.69) is 36.1 Å². The van der Waals surface area contributed by atoms with Crippen LogP contribution in [-0.2, 0) is 11.2 Å². The van der Waals surface area contributed by atoms with E-state index in [0.29, 0.717) is 12.8 Å². The first-order valence-electron chi connectivity index (χ1n) is 12.0. The van der Waals surface area contributed by atoms with Gasteiger partial charge in [0, 0.05) is 18.4 Å². The van der Waals surface area contributed by atoms with Gasteiger partial charge in [-0.25, -0.2) is 0 Å². The van der Waals surface area contributed by atoms with E-state index in [4.69, 9.17) is 5.11 Å². The molecule has 0 unspecified atom stereocenters. The lowest BCUT2D eigenvalue weighted by Gasteiger charge is -2.08. The zero-order valence-electron chi connectivity index (χ0n) is 19.2. The Bertz CT molecular complexity index is 997. The fraction of sp³-hybridized carbons (Fsp3) is 0.414. The molecule has 1 aliphatic rings. The maximum atomic E-state index is 10.6. The molecule has 0 saturated carbocycles. The Morgan fingerprint density at radius 3 is 2.48 bits per heavy atom. The molecule has 4 nitrogen and oxygen atoms in total. The van der Waals surface area contributed by atoms with Crippen molar-refractivity contribution in [1.29, 1.82) is 0 Å². The van der Waals surface area contributed by atoms with E-state index in [-0.39, 0.29) is 6.42 Å². The smallest absolute Gasteiger partial charge is 0.303 e. The Kier molecular flexibility index (Phi) is 9.75. The Hall–Kier alpha value is -2.87. The monoisotopic (exact) mass is 446 g/mol. The molecule has 3 rings (SSSR count). The van der Waals surface area contributed by atoms with Gasteiger partial charge in [-0.2, -0.15) is 0 Å². The summed E-state index contributed by atoms with van der Waals surface area (Å²) in [6.07, 6.45) is 6.64. The van der Waals surface area contributed by atoms with E-state index in [9.17, 15) is 15.0 Å². The molecule has 0 radical (unpaired) electrons. The Labute approximate surface area is 197 Å². The van der Waals surface area contributed by atoms with Crippen LogP contribution in [0.15, 0.2) is 65.7 Å². The summed E-state index contributed by atoms with van der Waals surface area (Å²) in [6, 6.07) is 18.3. The summed E-state index contributed by atoms with van der Waals surface area (Å²) in [5.41, 5.74) is 5.29. The maximum Gasteiger partial charge on any atom is 0.303 e. The Morgan fingerprint density at radius 1 is 0.970 bits per heavy atom. The van der Waals surface area contributed by atoms with Crippen molar-refractivity contribution in [3.8, 4) is 23.0 Å². The molecule has 0 aliphatic heterocycles. The molecule has 33 heavy (non-hydrogen) atoms. The molecule has 0 heterocycles. The standard InChI is InChI=1S/C29H34O4/c30-26(21-22-10-9-14-25(20-22)23-11-6-4-7-12-23)17-18-27-24(16-19-28(27)31)13-5-2-1-3-8-15-29(32)33/h4,6-7,9-12,14,20,26,28,30-31H,1-3,5,8,13,15-16,19,21H2,(H,32,33)/t26-,28-/m1/s1. The van der Waals surface area contributed by atoms with Crippen LogP contribution < -0.4 is 0 Å². The number of allylic oxidation sites excluding steroid dienone is 1. The fourth-order valence-electron chi connectivity index (χ4n) is 4.35. The number of rotatable bonds is 11. The third-order valence-corrected chi connectivity index (χ3v) is 6.14. The highest BCUT2D eigenvalue weighted by Gasteiger charge is 2.21. The van der Waals surface area contributed by atoms with E-state index in [1.54, 1.807) is 0 Å². The van der Waals surface area contributed by atoms with Gasteiger partial charge in [-0.15, -0.1) is 0 Å². The van der Waals surface area contributed by atoms with Gasteiger partial charge in [0.25, 0.3) is 0 Å². The van der Waals surface area contributed by atoms with Crippen LogP contribution in [0, 0.1) is 11.8 Å². The van der Waals surface area contributed by atoms with Gasteiger partial charge >= 0.3 is 5.97 Å². The number of hydrogen-bond donors (Lipinski definition) is 3. The van der Waals surface area contributed by atoms with E-state index in [1.165, 1.54) is 5.57 Å². The summed E-state index contributed by atoms with van der Waals surface area (Å²) in [4.78, 5) is 10.6. The van der Waals surface area contributed by atoms with Crippen LogP contribution in [0.1, 0.15) is 63.4 Å². The molecule has 0 aromatic heterocycles. The first kappa shape index (κ1) is 24.8. The van der Waals surface area contributed by atoms with Gasteiger partial charge in [0.05, 0.1) is 6.10 Å². The summed E-state index contributed by atoms with van der Waals surface area (Å²) in [5, 5.41) is 29.5. The molecule has 0 bridgehead atoms. The number of carbonyl (C=O) groups is 1. The van der Waals surface area contributed by atoms with Gasteiger partial charge < -0.3 is 15.3 Å². The van der Waals surface area contributed by atoms with Gasteiger partial charge in [0.15, 0.2) is 0 Å². The van der Waals surface area contributed by atoms with Crippen LogP contribution in [0.4, 0.5) is 0 Å². The SMILES string of the molecule is O=C(O)CCCCCCCC1=C(C#C[C@@H](O)Cc2cccc(-c3ccccc3)c2)[C@H](O)CC1. The number of carboxylic acids is 1. The lowest BCUT2D eigenvalue weighted by molar-refractivity contribution is -0.137. The van der Waals surface area contributed by atoms with E-state index in [0.717, 1.165) is 67.2 Å². The van der Waals surface area contributed by atoms with Crippen molar-refractivity contribution >= 4 is 5.97 Å². The van der Waals surface area contributed by atoms with Crippen molar-refractivity contribution in [3.05, 3.63) is 71.3 Å². The average molecular weight is 447 g/mol. The lowest BCUT2D eigenvalue weighted by Crippen LogP contribution is -2.09. The summed E-state index contributed by atoms with van der Waals surface area (Å²) in [6.45, 7) is 0. The third-order valence-electron chi connectivity index (χ3n) is 6.14. The van der Waals surface area contributed by atoms with Crippen molar-refractivity contribution in [2.45, 2.75) is 76.4 Å². The van der Waals surface area contributed by atoms with Crippen molar-refractivity contribution in [2.24, 2.45) is 0 Å². The van der Waals surface area contributed by atoms with Crippen LogP contribution in [0.3, 0.4) is 0 Å². The molecule has 2 aromatic rings. The number of unbranched alkanes of at least 4 members (excludes halogenated alkanes) is 4. The van der Waals surface area contributed by atoms with Gasteiger partial charge in [0.1, 0.15) is 6.10 Å². The molecule has 0 saturated heterocycles. The molecule has 1 aliphatic carbocycles. The van der Waals surface area contributed by atoms with Crippen LogP contribution in [0.2, 0.25) is 0 Å². The second kappa shape index (κ2) is 13.0. The molecule has 0 spiro atoms. The number of benzene rings is 2. The molecule has 0 amide bonds. The first-order valence-corrected chi connectivity index (χ1v) is 12.0. The molecule has 4 heteroatoms. The molecule has 3 N–H and O–H groups in total. The second-order valence-corrected chi connectivity index (χ2v) is 8.79. The van der Waals surface area contributed by atoms with Crippen molar-refractivity contribution in [3.63, 3.8) is 0 Å². The van der Waals surface area contributed by atoms with Crippen LogP contribution in [-0.4, -0.2) is 33.5 Å². The van der Waals surface area contributed by atoms with Crippen LogP contribution >= 0.6 is 0 Å². The van der Waals surface area contributed by atoms with Gasteiger partial charge in [-0.05, 0) is 48.8 Å². The van der Waals surface area contributed by atoms with Crippen molar-refractivity contribution < 1.29 is 20.1 Å².